The van der Waals surface area contributed by atoms with Gasteiger partial charge in [-0.15, -0.1) is 0 Å². The summed E-state index contributed by atoms with van der Waals surface area (Å²) in [7, 11) is 1.72. The number of rotatable bonds is 12. The Balaban J connectivity index is 4.41. The molecule has 0 spiro atoms. The van der Waals surface area contributed by atoms with E-state index in [2.05, 4.69) is 66.4 Å². The number of nitrogens with one attached hydrogen (secondary N) is 1. The first-order valence-corrected chi connectivity index (χ1v) is 10.2. The zero-order chi connectivity index (χ0) is 20.8. The first-order chi connectivity index (χ1) is 11.5. The lowest BCUT2D eigenvalue weighted by Gasteiger charge is -2.36. The van der Waals surface area contributed by atoms with Gasteiger partial charge in [0.1, 0.15) is 0 Å². The summed E-state index contributed by atoms with van der Waals surface area (Å²) in [4.78, 5) is 12.6. The quantitative estimate of drug-likeness (QED) is 0.468. The van der Waals surface area contributed by atoms with E-state index in [4.69, 9.17) is 9.47 Å². The number of methoxy groups -OCH3 is 1. The van der Waals surface area contributed by atoms with Crippen molar-refractivity contribution in [1.82, 2.24) is 5.32 Å². The van der Waals surface area contributed by atoms with E-state index < -0.39 is 5.41 Å². The van der Waals surface area contributed by atoms with E-state index in [1.54, 1.807) is 7.11 Å². The molecule has 0 rings (SSSR count). The zero-order valence-electron chi connectivity index (χ0n) is 18.8. The van der Waals surface area contributed by atoms with E-state index in [1.165, 1.54) is 0 Å². The normalized spacial score (nSPS) is 15.0. The van der Waals surface area contributed by atoms with Gasteiger partial charge in [-0.1, -0.05) is 34.6 Å². The highest BCUT2D eigenvalue weighted by molar-refractivity contribution is 7.81. The van der Waals surface area contributed by atoms with Crippen LogP contribution in [0.25, 0.3) is 0 Å². The highest BCUT2D eigenvalue weighted by Crippen LogP contribution is 2.38. The lowest BCUT2D eigenvalue weighted by atomic mass is 9.73. The Kier molecular flexibility index (Phi) is 9.69. The van der Waals surface area contributed by atoms with E-state index in [0.717, 1.165) is 19.3 Å². The summed E-state index contributed by atoms with van der Waals surface area (Å²) in [6.45, 7) is 19.9. The lowest BCUT2D eigenvalue weighted by Crippen LogP contribution is -2.43. The molecule has 0 aliphatic rings. The van der Waals surface area contributed by atoms with Crippen molar-refractivity contribution in [3.63, 3.8) is 0 Å². The van der Waals surface area contributed by atoms with Crippen molar-refractivity contribution in [2.24, 2.45) is 10.8 Å². The highest BCUT2D eigenvalue weighted by atomic mass is 32.1. The average molecular weight is 390 g/mol. The van der Waals surface area contributed by atoms with E-state index in [1.807, 2.05) is 13.8 Å². The van der Waals surface area contributed by atoms with E-state index in [0.29, 0.717) is 13.2 Å². The van der Waals surface area contributed by atoms with Gasteiger partial charge < -0.3 is 14.8 Å². The Bertz CT molecular complexity index is 443. The van der Waals surface area contributed by atoms with Crippen molar-refractivity contribution in [3.05, 3.63) is 0 Å². The number of carbonyl (C=O) groups excluding carboxylic acids is 1. The second kappa shape index (κ2) is 9.79. The summed E-state index contributed by atoms with van der Waals surface area (Å²) < 4.78 is 11.4. The lowest BCUT2D eigenvalue weighted by molar-refractivity contribution is -0.131. The second-order valence-electron chi connectivity index (χ2n) is 10.1. The maximum Gasteiger partial charge on any atom is 0.225 e. The Hall–Kier alpha value is -0.260. The molecular weight excluding hydrogens is 346 g/mol. The Labute approximate surface area is 167 Å². The summed E-state index contributed by atoms with van der Waals surface area (Å²) >= 11 is 4.57. The van der Waals surface area contributed by atoms with Crippen molar-refractivity contribution in [2.75, 3.05) is 20.3 Å². The first-order valence-electron chi connectivity index (χ1n) is 9.70. The minimum Gasteiger partial charge on any atom is -0.379 e. The number of thiol groups is 1. The fourth-order valence-corrected chi connectivity index (χ4v) is 2.92. The summed E-state index contributed by atoms with van der Waals surface area (Å²) in [5.74, 6) is 0.0934. The molecule has 1 unspecified atom stereocenters. The van der Waals surface area contributed by atoms with Gasteiger partial charge in [-0.3, -0.25) is 4.79 Å². The molecule has 0 saturated carbocycles. The van der Waals surface area contributed by atoms with Crippen molar-refractivity contribution >= 4 is 18.5 Å². The number of amides is 1. The molecule has 4 nitrogen and oxygen atoms in total. The summed E-state index contributed by atoms with van der Waals surface area (Å²) in [6, 6.07) is 0. The third-order valence-corrected chi connectivity index (χ3v) is 6.10. The highest BCUT2D eigenvalue weighted by Gasteiger charge is 2.36. The van der Waals surface area contributed by atoms with Crippen LogP contribution in [0.4, 0.5) is 0 Å². The molecule has 0 bridgehead atoms. The third-order valence-electron chi connectivity index (χ3n) is 5.41. The molecule has 0 aromatic heterocycles. The molecule has 0 aliphatic heterocycles. The van der Waals surface area contributed by atoms with Gasteiger partial charge in [0.15, 0.2) is 0 Å². The van der Waals surface area contributed by atoms with Crippen LogP contribution < -0.4 is 5.32 Å². The van der Waals surface area contributed by atoms with Crippen LogP contribution in [-0.2, 0) is 14.3 Å². The van der Waals surface area contributed by atoms with Crippen molar-refractivity contribution < 1.29 is 14.3 Å². The molecule has 156 valence electrons. The molecule has 0 radical (unpaired) electrons. The molecule has 0 aliphatic carbocycles. The predicted molar refractivity (Wildman–Crippen MR) is 114 cm³/mol. The van der Waals surface area contributed by atoms with Crippen LogP contribution in [0.1, 0.15) is 81.6 Å². The minimum absolute atomic E-state index is 0.000481. The first kappa shape index (κ1) is 25.7. The molecule has 0 aromatic carbocycles. The molecule has 1 atom stereocenters. The van der Waals surface area contributed by atoms with Crippen LogP contribution in [-0.4, -0.2) is 42.6 Å². The zero-order valence-corrected chi connectivity index (χ0v) is 19.7. The molecule has 1 N–H and O–H groups in total. The predicted octanol–water partition coefficient (Wildman–Crippen LogP) is 4.86. The van der Waals surface area contributed by atoms with Gasteiger partial charge in [0, 0.05) is 24.3 Å². The Morgan fingerprint density at radius 1 is 1.00 bits per heavy atom. The van der Waals surface area contributed by atoms with Crippen LogP contribution in [0.5, 0.6) is 0 Å². The summed E-state index contributed by atoms with van der Waals surface area (Å²) in [6.07, 6.45) is 2.40. The van der Waals surface area contributed by atoms with E-state index in [9.17, 15) is 4.79 Å². The van der Waals surface area contributed by atoms with Crippen LogP contribution in [0.3, 0.4) is 0 Å². The van der Waals surface area contributed by atoms with Crippen molar-refractivity contribution in [1.29, 1.82) is 0 Å². The summed E-state index contributed by atoms with van der Waals surface area (Å²) in [5.41, 5.74) is -0.875. The molecule has 0 saturated heterocycles. The minimum atomic E-state index is -0.423. The van der Waals surface area contributed by atoms with Crippen LogP contribution in [0.2, 0.25) is 0 Å². The van der Waals surface area contributed by atoms with Gasteiger partial charge in [0.2, 0.25) is 5.91 Å². The van der Waals surface area contributed by atoms with Gasteiger partial charge in [-0.2, -0.15) is 12.6 Å². The number of ether oxygens (including phenoxy) is 2. The fourth-order valence-electron chi connectivity index (χ4n) is 2.83. The van der Waals surface area contributed by atoms with Crippen molar-refractivity contribution in [2.45, 2.75) is 98.0 Å². The molecule has 5 heteroatoms. The molecule has 0 fully saturated rings. The fraction of sp³-hybridized carbons (Fsp3) is 0.952. The van der Waals surface area contributed by atoms with Gasteiger partial charge in [-0.25, -0.2) is 0 Å². The van der Waals surface area contributed by atoms with E-state index in [-0.39, 0.29) is 27.8 Å². The maximum atomic E-state index is 12.6. The molecule has 0 heterocycles. The smallest absolute Gasteiger partial charge is 0.225 e. The average Bonchev–Trinajstić information content (AvgIpc) is 2.45. The van der Waals surface area contributed by atoms with Crippen LogP contribution in [0.15, 0.2) is 0 Å². The largest absolute Gasteiger partial charge is 0.379 e. The maximum absolute atomic E-state index is 12.6. The molecular formula is C21H43NO3S. The summed E-state index contributed by atoms with van der Waals surface area (Å²) in [5, 5.41) is 3.32. The third kappa shape index (κ3) is 9.61. The number of hydrogen-bond acceptors (Lipinski definition) is 4. The monoisotopic (exact) mass is 389 g/mol. The van der Waals surface area contributed by atoms with Gasteiger partial charge in [0.05, 0.1) is 17.8 Å². The number of carbonyl (C=O) groups is 1. The van der Waals surface area contributed by atoms with Gasteiger partial charge in [-0.05, 0) is 52.4 Å². The molecule has 1 amide bonds. The van der Waals surface area contributed by atoms with E-state index >= 15 is 0 Å². The van der Waals surface area contributed by atoms with Crippen LogP contribution >= 0.6 is 12.6 Å². The number of hydrogen-bond donors (Lipinski definition) is 2. The Morgan fingerprint density at radius 3 is 2.00 bits per heavy atom. The van der Waals surface area contributed by atoms with Gasteiger partial charge in [0.25, 0.3) is 0 Å². The standard InChI is InChI=1S/C21H43NO3S/c1-16(26)18(2,3)15-19(4,5)17(23)22-13-11-21(8,9)25-14-12-20(6,7)24-10/h16,26H,11-15H2,1-10H3,(H,22,23). The second-order valence-corrected chi connectivity index (χ2v) is 10.8. The molecule has 26 heavy (non-hydrogen) atoms. The van der Waals surface area contributed by atoms with Gasteiger partial charge >= 0.3 is 0 Å². The van der Waals surface area contributed by atoms with Crippen LogP contribution in [0, 0.1) is 10.8 Å². The van der Waals surface area contributed by atoms with Crippen molar-refractivity contribution in [3.8, 4) is 0 Å². The SMILES string of the molecule is COC(C)(C)CCOC(C)(C)CCNC(=O)C(C)(C)CC(C)(C)C(C)S. The Morgan fingerprint density at radius 2 is 1.54 bits per heavy atom. The molecule has 0 aromatic rings. The topological polar surface area (TPSA) is 47.6 Å².